The van der Waals surface area contributed by atoms with E-state index in [-0.39, 0.29) is 0 Å². The number of nitrogens with two attached hydrogens (primary N) is 1. The van der Waals surface area contributed by atoms with Crippen LogP contribution in [0.3, 0.4) is 0 Å². The summed E-state index contributed by atoms with van der Waals surface area (Å²) in [5.41, 5.74) is 2.89. The highest BCUT2D eigenvalue weighted by Gasteiger charge is 2.15. The first-order valence-electron chi connectivity index (χ1n) is 4.87. The fourth-order valence-electron chi connectivity index (χ4n) is 1.61. The van der Waals surface area contributed by atoms with Crippen LogP contribution in [0, 0.1) is 5.92 Å². The lowest BCUT2D eigenvalue weighted by atomic mass is 9.91. The lowest BCUT2D eigenvalue weighted by Gasteiger charge is -2.23. The normalized spacial score (nSPS) is 13.3. The molecule has 1 unspecified atom stereocenters. The lowest BCUT2D eigenvalue weighted by molar-refractivity contribution is 0.323. The molecule has 2 nitrogen and oxygen atoms in total. The Kier molecular flexibility index (Phi) is 7.11. The van der Waals surface area contributed by atoms with Gasteiger partial charge in [0, 0.05) is 6.04 Å². The molecule has 12 heavy (non-hydrogen) atoms. The van der Waals surface area contributed by atoms with Gasteiger partial charge in [0.25, 0.3) is 0 Å². The molecule has 0 aromatic carbocycles. The van der Waals surface area contributed by atoms with Crippen LogP contribution in [0.5, 0.6) is 0 Å². The van der Waals surface area contributed by atoms with Crippen molar-refractivity contribution < 1.29 is 0 Å². The summed E-state index contributed by atoms with van der Waals surface area (Å²) in [5.74, 6) is 6.18. The lowest BCUT2D eigenvalue weighted by Crippen LogP contribution is -2.40. The number of rotatable bonds is 7. The van der Waals surface area contributed by atoms with E-state index in [2.05, 4.69) is 25.9 Å². The van der Waals surface area contributed by atoms with Gasteiger partial charge in [-0.2, -0.15) is 0 Å². The maximum absolute atomic E-state index is 5.48. The van der Waals surface area contributed by atoms with Gasteiger partial charge in [0.1, 0.15) is 0 Å². The van der Waals surface area contributed by atoms with Crippen LogP contribution in [0.4, 0.5) is 0 Å². The molecule has 0 fully saturated rings. The Morgan fingerprint density at radius 2 is 2.00 bits per heavy atom. The molecule has 1 atom stereocenters. The summed E-state index contributed by atoms with van der Waals surface area (Å²) in [7, 11) is 0. The van der Waals surface area contributed by atoms with Crippen molar-refractivity contribution >= 4 is 0 Å². The monoisotopic (exact) mass is 170 g/mol. The third-order valence-electron chi connectivity index (χ3n) is 2.51. The number of hydrogen-bond acceptors (Lipinski definition) is 2. The summed E-state index contributed by atoms with van der Waals surface area (Å²) in [6, 6.07) is 0.456. The molecule has 0 bridgehead atoms. The van der Waals surface area contributed by atoms with E-state index in [9.17, 15) is 0 Å². The van der Waals surface area contributed by atoms with Crippen LogP contribution in [-0.4, -0.2) is 6.04 Å². The second kappa shape index (κ2) is 7.32. The van der Waals surface area contributed by atoms with Gasteiger partial charge in [-0.3, -0.25) is 11.3 Å². The minimum Gasteiger partial charge on any atom is -0.271 e. The molecule has 0 amide bonds. The average molecular weight is 170 g/mol. The van der Waals surface area contributed by atoms with E-state index >= 15 is 0 Å². The minimum atomic E-state index is 0.456. The van der Waals surface area contributed by atoms with Crippen molar-refractivity contribution in [2.24, 2.45) is 11.8 Å². The van der Waals surface area contributed by atoms with E-state index in [0.717, 1.165) is 12.8 Å². The van der Waals surface area contributed by atoms with Crippen LogP contribution in [-0.2, 0) is 0 Å². The molecule has 0 saturated heterocycles. The molecule has 0 aromatic heterocycles. The van der Waals surface area contributed by atoms with Crippen LogP contribution >= 0.6 is 0 Å². The number of hydrazine groups is 1. The second-order valence-corrected chi connectivity index (χ2v) is 3.22. The number of nitrogens with one attached hydrogen (secondary N) is 1. The van der Waals surface area contributed by atoms with Gasteiger partial charge < -0.3 is 0 Å². The molecule has 0 aliphatic carbocycles. The van der Waals surface area contributed by atoms with Crippen molar-refractivity contribution in [1.29, 1.82) is 0 Å². The predicted octanol–water partition coefficient (Wildman–Crippen LogP) is 2.22. The largest absolute Gasteiger partial charge is 0.271 e. The Hall–Kier alpha value is -0.340. The van der Waals surface area contributed by atoms with E-state index in [1.165, 1.54) is 12.8 Å². The fraction of sp³-hybridized carbons (Fsp3) is 0.800. The fourth-order valence-corrected chi connectivity index (χ4v) is 1.61. The standard InChI is InChI=1S/C10H22N2/c1-4-7-8-10(12-11)9(5-2)6-3/h4,9-10,12H,1,5-8,11H2,2-3H3. The Morgan fingerprint density at radius 3 is 2.33 bits per heavy atom. The van der Waals surface area contributed by atoms with Crippen LogP contribution < -0.4 is 11.3 Å². The first-order valence-corrected chi connectivity index (χ1v) is 4.87. The average Bonchev–Trinajstić information content (AvgIpc) is 2.12. The summed E-state index contributed by atoms with van der Waals surface area (Å²) in [4.78, 5) is 0. The summed E-state index contributed by atoms with van der Waals surface area (Å²) in [6.07, 6.45) is 6.50. The molecule has 0 radical (unpaired) electrons. The first kappa shape index (κ1) is 11.7. The molecule has 0 heterocycles. The predicted molar refractivity (Wildman–Crippen MR) is 54.6 cm³/mol. The minimum absolute atomic E-state index is 0.456. The molecule has 0 aliphatic heterocycles. The van der Waals surface area contributed by atoms with Crippen molar-refractivity contribution in [2.45, 2.75) is 45.6 Å². The van der Waals surface area contributed by atoms with Crippen LogP contribution in [0.15, 0.2) is 12.7 Å². The second-order valence-electron chi connectivity index (χ2n) is 3.22. The van der Waals surface area contributed by atoms with Crippen molar-refractivity contribution in [3.8, 4) is 0 Å². The topological polar surface area (TPSA) is 38.0 Å². The zero-order valence-electron chi connectivity index (χ0n) is 8.34. The maximum atomic E-state index is 5.48. The van der Waals surface area contributed by atoms with Crippen molar-refractivity contribution in [3.63, 3.8) is 0 Å². The van der Waals surface area contributed by atoms with Gasteiger partial charge in [-0.1, -0.05) is 32.8 Å². The number of hydrogen-bond donors (Lipinski definition) is 2. The molecular weight excluding hydrogens is 148 g/mol. The molecule has 0 spiro atoms. The summed E-state index contributed by atoms with van der Waals surface area (Å²) in [6.45, 7) is 8.14. The molecule has 0 saturated carbocycles. The maximum Gasteiger partial charge on any atom is 0.0241 e. The summed E-state index contributed by atoms with van der Waals surface area (Å²) >= 11 is 0. The van der Waals surface area contributed by atoms with E-state index in [1.54, 1.807) is 0 Å². The van der Waals surface area contributed by atoms with E-state index in [1.807, 2.05) is 6.08 Å². The molecule has 3 N–H and O–H groups in total. The Morgan fingerprint density at radius 1 is 1.42 bits per heavy atom. The smallest absolute Gasteiger partial charge is 0.0241 e. The Bertz CT molecular complexity index is 108. The third kappa shape index (κ3) is 3.88. The highest BCUT2D eigenvalue weighted by molar-refractivity contribution is 4.77. The van der Waals surface area contributed by atoms with Crippen molar-refractivity contribution in [2.75, 3.05) is 0 Å². The van der Waals surface area contributed by atoms with Crippen LogP contribution in [0.25, 0.3) is 0 Å². The molecular formula is C10H22N2. The number of allylic oxidation sites excluding steroid dienone is 1. The van der Waals surface area contributed by atoms with Crippen LogP contribution in [0.2, 0.25) is 0 Å². The third-order valence-corrected chi connectivity index (χ3v) is 2.51. The van der Waals surface area contributed by atoms with Gasteiger partial charge >= 0.3 is 0 Å². The van der Waals surface area contributed by atoms with Crippen LogP contribution in [0.1, 0.15) is 39.5 Å². The van der Waals surface area contributed by atoms with Gasteiger partial charge in [-0.15, -0.1) is 6.58 Å². The van der Waals surface area contributed by atoms with E-state index in [0.29, 0.717) is 12.0 Å². The molecule has 0 rings (SSSR count). The highest BCUT2D eigenvalue weighted by Crippen LogP contribution is 2.16. The molecule has 72 valence electrons. The Balaban J connectivity index is 3.83. The van der Waals surface area contributed by atoms with Crippen molar-refractivity contribution in [1.82, 2.24) is 5.43 Å². The summed E-state index contributed by atoms with van der Waals surface area (Å²) < 4.78 is 0. The zero-order chi connectivity index (χ0) is 9.40. The van der Waals surface area contributed by atoms with Crippen molar-refractivity contribution in [3.05, 3.63) is 12.7 Å². The van der Waals surface area contributed by atoms with Gasteiger partial charge in [0.05, 0.1) is 0 Å². The van der Waals surface area contributed by atoms with Gasteiger partial charge in [-0.25, -0.2) is 0 Å². The molecule has 0 aromatic rings. The van der Waals surface area contributed by atoms with Gasteiger partial charge in [0.15, 0.2) is 0 Å². The van der Waals surface area contributed by atoms with E-state index in [4.69, 9.17) is 5.84 Å². The SMILES string of the molecule is C=CCCC(NN)C(CC)CC. The highest BCUT2D eigenvalue weighted by atomic mass is 15.2. The first-order chi connectivity index (χ1) is 5.79. The quantitative estimate of drug-likeness (QED) is 0.349. The van der Waals surface area contributed by atoms with E-state index < -0.39 is 0 Å². The summed E-state index contributed by atoms with van der Waals surface area (Å²) in [5, 5.41) is 0. The van der Waals surface area contributed by atoms with Gasteiger partial charge in [-0.05, 0) is 18.8 Å². The Labute approximate surface area is 76.2 Å². The molecule has 0 aliphatic rings. The van der Waals surface area contributed by atoms with Gasteiger partial charge in [0.2, 0.25) is 0 Å². The zero-order valence-corrected chi connectivity index (χ0v) is 8.34. The molecule has 2 heteroatoms.